The number of carbonyl (C=O) groups excluding carboxylic acids is 1. The van der Waals surface area contributed by atoms with Crippen LogP contribution in [0.5, 0.6) is 0 Å². The van der Waals surface area contributed by atoms with Crippen LogP contribution < -0.4 is 5.32 Å². The Bertz CT molecular complexity index is 904. The number of aryl methyl sites for hydroxylation is 4. The number of hydrogen-bond acceptors (Lipinski definition) is 7. The van der Waals surface area contributed by atoms with Crippen molar-refractivity contribution in [2.75, 3.05) is 5.32 Å². The van der Waals surface area contributed by atoms with Crippen LogP contribution in [-0.2, 0) is 11.2 Å². The van der Waals surface area contributed by atoms with E-state index in [-0.39, 0.29) is 5.91 Å². The Morgan fingerprint density at radius 2 is 1.78 bits per heavy atom. The molecule has 27 heavy (non-hydrogen) atoms. The summed E-state index contributed by atoms with van der Waals surface area (Å²) in [6.07, 6.45) is 1.65. The van der Waals surface area contributed by atoms with E-state index in [0.717, 1.165) is 27.1 Å². The van der Waals surface area contributed by atoms with Crippen molar-refractivity contribution in [3.8, 4) is 0 Å². The van der Waals surface area contributed by atoms with Crippen molar-refractivity contribution in [1.82, 2.24) is 20.1 Å². The minimum Gasteiger partial charge on any atom is -0.339 e. The number of nitrogens with zero attached hydrogens (tertiary/aromatic N) is 4. The van der Waals surface area contributed by atoms with Crippen molar-refractivity contribution >= 4 is 23.4 Å². The van der Waals surface area contributed by atoms with Gasteiger partial charge in [0.15, 0.2) is 11.0 Å². The van der Waals surface area contributed by atoms with Crippen molar-refractivity contribution in [1.29, 1.82) is 0 Å². The fraction of sp³-hybridized carbons (Fsp3) is 0.316. The number of benzene rings is 1. The summed E-state index contributed by atoms with van der Waals surface area (Å²) in [5, 5.41) is 7.35. The number of anilines is 1. The highest BCUT2D eigenvalue weighted by Gasteiger charge is 2.07. The van der Waals surface area contributed by atoms with Crippen LogP contribution in [0.2, 0.25) is 0 Å². The zero-order chi connectivity index (χ0) is 19.2. The Morgan fingerprint density at radius 1 is 1.07 bits per heavy atom. The number of hydrogen-bond donors (Lipinski definition) is 1. The summed E-state index contributed by atoms with van der Waals surface area (Å²) in [5.74, 6) is 1.14. The van der Waals surface area contributed by atoms with E-state index in [2.05, 4.69) is 25.4 Å². The monoisotopic (exact) mass is 383 g/mol. The van der Waals surface area contributed by atoms with Crippen LogP contribution in [0, 0.1) is 20.8 Å². The van der Waals surface area contributed by atoms with Crippen molar-refractivity contribution in [2.45, 2.75) is 50.1 Å². The zero-order valence-corrected chi connectivity index (χ0v) is 16.3. The average Bonchev–Trinajstić information content (AvgIpc) is 3.01. The summed E-state index contributed by atoms with van der Waals surface area (Å²) >= 11 is 1.50. The van der Waals surface area contributed by atoms with Crippen LogP contribution in [0.1, 0.15) is 35.9 Å². The summed E-state index contributed by atoms with van der Waals surface area (Å²) in [4.78, 5) is 26.0. The predicted molar refractivity (Wildman–Crippen MR) is 103 cm³/mol. The maximum atomic E-state index is 12.1. The van der Waals surface area contributed by atoms with E-state index in [1.165, 1.54) is 11.8 Å². The third-order valence-corrected chi connectivity index (χ3v) is 4.55. The van der Waals surface area contributed by atoms with E-state index in [1.807, 2.05) is 44.2 Å². The molecule has 1 amide bonds. The highest BCUT2D eigenvalue weighted by atomic mass is 32.2. The Kier molecular flexibility index (Phi) is 6.18. The van der Waals surface area contributed by atoms with Crippen LogP contribution >= 0.6 is 11.8 Å². The van der Waals surface area contributed by atoms with E-state index >= 15 is 0 Å². The van der Waals surface area contributed by atoms with Gasteiger partial charge in [0, 0.05) is 34.8 Å². The van der Waals surface area contributed by atoms with Crippen LogP contribution in [0.4, 0.5) is 5.69 Å². The van der Waals surface area contributed by atoms with Crippen LogP contribution in [0.15, 0.2) is 44.9 Å². The fourth-order valence-corrected chi connectivity index (χ4v) is 3.38. The molecule has 3 aromatic rings. The quantitative estimate of drug-likeness (QED) is 0.618. The van der Waals surface area contributed by atoms with Gasteiger partial charge in [-0.25, -0.2) is 9.97 Å². The minimum atomic E-state index is -0.0377. The number of aromatic nitrogens is 4. The normalized spacial score (nSPS) is 10.8. The van der Waals surface area contributed by atoms with Gasteiger partial charge in [-0.1, -0.05) is 5.16 Å². The molecular formula is C19H21N5O2S. The van der Waals surface area contributed by atoms with Crippen LogP contribution in [0.3, 0.4) is 0 Å². The zero-order valence-electron chi connectivity index (χ0n) is 15.5. The van der Waals surface area contributed by atoms with Gasteiger partial charge in [0.1, 0.15) is 0 Å². The van der Waals surface area contributed by atoms with Crippen molar-refractivity contribution in [2.24, 2.45) is 0 Å². The smallest absolute Gasteiger partial charge is 0.226 e. The van der Waals surface area contributed by atoms with Gasteiger partial charge in [-0.3, -0.25) is 4.79 Å². The number of nitrogens with one attached hydrogen (secondary N) is 1. The largest absolute Gasteiger partial charge is 0.339 e. The molecule has 0 aliphatic heterocycles. The summed E-state index contributed by atoms with van der Waals surface area (Å²) in [6.45, 7) is 5.68. The van der Waals surface area contributed by atoms with Gasteiger partial charge in [0.2, 0.25) is 11.8 Å². The van der Waals surface area contributed by atoms with E-state index in [0.29, 0.717) is 31.0 Å². The van der Waals surface area contributed by atoms with Gasteiger partial charge in [-0.05, 0) is 69.3 Å². The van der Waals surface area contributed by atoms with Crippen LogP contribution in [-0.4, -0.2) is 26.0 Å². The van der Waals surface area contributed by atoms with Gasteiger partial charge >= 0.3 is 0 Å². The maximum absolute atomic E-state index is 12.1. The number of carbonyl (C=O) groups is 1. The molecule has 7 nitrogen and oxygen atoms in total. The molecule has 0 radical (unpaired) electrons. The molecule has 3 rings (SSSR count). The topological polar surface area (TPSA) is 93.8 Å². The predicted octanol–water partition coefficient (Wildman–Crippen LogP) is 3.90. The molecule has 2 heterocycles. The molecule has 140 valence electrons. The summed E-state index contributed by atoms with van der Waals surface area (Å²) in [5.41, 5.74) is 2.66. The summed E-state index contributed by atoms with van der Waals surface area (Å²) in [7, 11) is 0. The average molecular weight is 383 g/mol. The lowest BCUT2D eigenvalue weighted by atomic mass is 10.2. The van der Waals surface area contributed by atoms with Crippen molar-refractivity contribution < 1.29 is 9.32 Å². The van der Waals surface area contributed by atoms with Crippen molar-refractivity contribution in [3.63, 3.8) is 0 Å². The molecule has 0 fully saturated rings. The molecule has 8 heteroatoms. The summed E-state index contributed by atoms with van der Waals surface area (Å²) < 4.78 is 5.04. The third kappa shape index (κ3) is 5.89. The molecule has 0 saturated carbocycles. The SMILES string of the molecule is Cc1cc(C)nc(Sc2ccc(NC(=O)CCCc3nc(C)no3)cc2)n1. The van der Waals surface area contributed by atoms with Gasteiger partial charge in [0.05, 0.1) is 0 Å². The Morgan fingerprint density at radius 3 is 2.41 bits per heavy atom. The molecule has 0 unspecified atom stereocenters. The highest BCUT2D eigenvalue weighted by molar-refractivity contribution is 7.99. The molecule has 0 saturated heterocycles. The second kappa shape index (κ2) is 8.77. The first-order chi connectivity index (χ1) is 13.0. The van der Waals surface area contributed by atoms with E-state index in [4.69, 9.17) is 4.52 Å². The molecule has 0 atom stereocenters. The Labute approximate surface area is 162 Å². The number of amides is 1. The highest BCUT2D eigenvalue weighted by Crippen LogP contribution is 2.26. The second-order valence-electron chi connectivity index (χ2n) is 6.20. The first-order valence-electron chi connectivity index (χ1n) is 8.67. The minimum absolute atomic E-state index is 0.0377. The molecule has 2 aromatic heterocycles. The van der Waals surface area contributed by atoms with E-state index < -0.39 is 0 Å². The Balaban J connectivity index is 1.48. The lowest BCUT2D eigenvalue weighted by Crippen LogP contribution is -2.11. The number of rotatable bonds is 7. The lowest BCUT2D eigenvalue weighted by Gasteiger charge is -2.06. The molecule has 0 spiro atoms. The second-order valence-corrected chi connectivity index (χ2v) is 7.24. The Hall–Kier alpha value is -2.74. The third-order valence-electron chi connectivity index (χ3n) is 3.67. The molecule has 0 aliphatic rings. The lowest BCUT2D eigenvalue weighted by molar-refractivity contribution is -0.116. The molecular weight excluding hydrogens is 362 g/mol. The van der Waals surface area contributed by atoms with Gasteiger partial charge in [-0.15, -0.1) is 0 Å². The molecule has 0 aliphatic carbocycles. The molecule has 1 aromatic carbocycles. The molecule has 1 N–H and O–H groups in total. The first kappa shape index (κ1) is 19.0. The maximum Gasteiger partial charge on any atom is 0.226 e. The first-order valence-corrected chi connectivity index (χ1v) is 9.49. The van der Waals surface area contributed by atoms with E-state index in [9.17, 15) is 4.79 Å². The van der Waals surface area contributed by atoms with Gasteiger partial charge in [-0.2, -0.15) is 4.98 Å². The van der Waals surface area contributed by atoms with Gasteiger partial charge in [0.25, 0.3) is 0 Å². The van der Waals surface area contributed by atoms with Gasteiger partial charge < -0.3 is 9.84 Å². The molecule has 0 bridgehead atoms. The van der Waals surface area contributed by atoms with Crippen molar-refractivity contribution in [3.05, 3.63) is 53.4 Å². The standard InChI is InChI=1S/C19H21N5O2S/c1-12-11-13(2)21-19(20-12)27-16-9-7-15(8-10-16)23-17(25)5-4-6-18-22-14(3)24-26-18/h7-11H,4-6H2,1-3H3,(H,23,25). The fourth-order valence-electron chi connectivity index (χ4n) is 2.52. The van der Waals surface area contributed by atoms with E-state index in [1.54, 1.807) is 6.92 Å². The summed E-state index contributed by atoms with van der Waals surface area (Å²) in [6, 6.07) is 9.60. The van der Waals surface area contributed by atoms with Crippen LogP contribution in [0.25, 0.3) is 0 Å².